The Balaban J connectivity index is 2.22. The number of hydrogen-bond donors (Lipinski definition) is 1. The van der Waals surface area contributed by atoms with Crippen LogP contribution in [0.3, 0.4) is 0 Å². The maximum absolute atomic E-state index is 13.3. The van der Waals surface area contributed by atoms with E-state index >= 15 is 0 Å². The molecule has 1 aromatic carbocycles. The first-order valence-corrected chi connectivity index (χ1v) is 7.66. The first-order chi connectivity index (χ1) is 10.7. The highest BCUT2D eigenvalue weighted by Crippen LogP contribution is 2.22. The van der Waals surface area contributed by atoms with Crippen molar-refractivity contribution in [1.82, 2.24) is 9.88 Å². The minimum Gasteiger partial charge on any atom is -0.346 e. The number of nitrogens with zero attached hydrogens (tertiary/aromatic N) is 1. The molecule has 0 spiro atoms. The second-order valence-electron chi connectivity index (χ2n) is 6.12. The summed E-state index contributed by atoms with van der Waals surface area (Å²) in [7, 11) is 0. The Morgan fingerprint density at radius 3 is 2.26 bits per heavy atom. The van der Waals surface area contributed by atoms with Crippen LogP contribution in [0.25, 0.3) is 0 Å². The smallest absolute Gasteiger partial charge is 0.253 e. The van der Waals surface area contributed by atoms with Crippen molar-refractivity contribution in [3.8, 4) is 0 Å². The lowest BCUT2D eigenvalue weighted by atomic mass is 10.1. The summed E-state index contributed by atoms with van der Waals surface area (Å²) >= 11 is 0. The van der Waals surface area contributed by atoms with Gasteiger partial charge in [0, 0.05) is 17.4 Å². The predicted octanol–water partition coefficient (Wildman–Crippen LogP) is 4.46. The van der Waals surface area contributed by atoms with Crippen molar-refractivity contribution in [2.45, 2.75) is 46.7 Å². The van der Waals surface area contributed by atoms with Crippen LogP contribution in [0.5, 0.6) is 0 Å². The molecule has 0 radical (unpaired) electrons. The van der Waals surface area contributed by atoms with Crippen LogP contribution in [0, 0.1) is 25.5 Å². The second-order valence-corrected chi connectivity index (χ2v) is 6.12. The highest BCUT2D eigenvalue weighted by Gasteiger charge is 2.19. The molecule has 1 heterocycles. The number of benzene rings is 1. The molecule has 0 bridgehead atoms. The number of aromatic nitrogens is 1. The quantitative estimate of drug-likeness (QED) is 0.887. The topological polar surface area (TPSA) is 34.0 Å². The predicted molar refractivity (Wildman–Crippen MR) is 86.5 cm³/mol. The van der Waals surface area contributed by atoms with E-state index in [9.17, 15) is 13.6 Å². The first-order valence-electron chi connectivity index (χ1n) is 7.66. The molecule has 0 saturated heterocycles. The number of carbonyl (C=O) groups is 1. The Bertz CT molecular complexity index is 735. The summed E-state index contributed by atoms with van der Waals surface area (Å²) in [6.45, 7) is 9.73. The van der Waals surface area contributed by atoms with Crippen LogP contribution in [0.4, 0.5) is 8.78 Å². The molecular formula is C18H22F2N2O. The number of amides is 1. The van der Waals surface area contributed by atoms with Crippen LogP contribution in [-0.4, -0.2) is 10.5 Å². The third-order valence-corrected chi connectivity index (χ3v) is 4.04. The average molecular weight is 320 g/mol. The summed E-state index contributed by atoms with van der Waals surface area (Å²) in [6.07, 6.45) is 0. The number of hydrogen-bond acceptors (Lipinski definition) is 1. The minimum absolute atomic E-state index is 0.220. The molecule has 1 atom stereocenters. The van der Waals surface area contributed by atoms with Gasteiger partial charge in [-0.05, 0) is 58.4 Å². The molecule has 1 N–H and O–H groups in total. The number of nitrogens with one attached hydrogen (secondary N) is 1. The van der Waals surface area contributed by atoms with Crippen LogP contribution >= 0.6 is 0 Å². The Labute approximate surface area is 135 Å². The maximum atomic E-state index is 13.3. The SMILES string of the molecule is Cc1cc(C(=O)NC(C)c2ccc(F)c(F)c2)c(C)n1C(C)C. The molecule has 0 saturated carbocycles. The third kappa shape index (κ3) is 3.44. The maximum Gasteiger partial charge on any atom is 0.253 e. The van der Waals surface area contributed by atoms with Crippen LogP contribution in [0.1, 0.15) is 60.2 Å². The lowest BCUT2D eigenvalue weighted by Crippen LogP contribution is -2.27. The molecule has 0 fully saturated rings. The summed E-state index contributed by atoms with van der Waals surface area (Å²) in [6, 6.07) is 5.35. The zero-order valence-electron chi connectivity index (χ0n) is 14.1. The summed E-state index contributed by atoms with van der Waals surface area (Å²) in [5, 5.41) is 2.84. The van der Waals surface area contributed by atoms with Gasteiger partial charge < -0.3 is 9.88 Å². The molecule has 2 aromatic rings. The number of rotatable bonds is 4. The highest BCUT2D eigenvalue weighted by molar-refractivity contribution is 5.96. The van der Waals surface area contributed by atoms with E-state index in [-0.39, 0.29) is 11.9 Å². The molecule has 1 aromatic heterocycles. The molecule has 3 nitrogen and oxygen atoms in total. The van der Waals surface area contributed by atoms with E-state index in [1.807, 2.05) is 19.9 Å². The fraction of sp³-hybridized carbons (Fsp3) is 0.389. The van der Waals surface area contributed by atoms with E-state index in [0.29, 0.717) is 11.1 Å². The van der Waals surface area contributed by atoms with Crippen LogP contribution in [0.15, 0.2) is 24.3 Å². The largest absolute Gasteiger partial charge is 0.346 e. The number of halogens is 2. The Morgan fingerprint density at radius 2 is 1.74 bits per heavy atom. The van der Waals surface area contributed by atoms with Gasteiger partial charge in [0.25, 0.3) is 5.91 Å². The highest BCUT2D eigenvalue weighted by atomic mass is 19.2. The Morgan fingerprint density at radius 1 is 1.09 bits per heavy atom. The van der Waals surface area contributed by atoms with Crippen LogP contribution in [0.2, 0.25) is 0 Å². The number of aryl methyl sites for hydroxylation is 1. The molecule has 23 heavy (non-hydrogen) atoms. The molecule has 2 rings (SSSR count). The van der Waals surface area contributed by atoms with Crippen molar-refractivity contribution in [1.29, 1.82) is 0 Å². The first kappa shape index (κ1) is 17.2. The van der Waals surface area contributed by atoms with E-state index in [0.717, 1.165) is 23.5 Å². The third-order valence-electron chi connectivity index (χ3n) is 4.04. The molecule has 124 valence electrons. The van der Waals surface area contributed by atoms with E-state index < -0.39 is 17.7 Å². The number of carbonyl (C=O) groups excluding carboxylic acids is 1. The lowest BCUT2D eigenvalue weighted by Gasteiger charge is -2.16. The van der Waals surface area contributed by atoms with Gasteiger partial charge in [0.05, 0.1) is 11.6 Å². The molecule has 1 unspecified atom stereocenters. The summed E-state index contributed by atoms with van der Waals surface area (Å²) in [4.78, 5) is 12.5. The van der Waals surface area contributed by atoms with Gasteiger partial charge in [0.2, 0.25) is 0 Å². The van der Waals surface area contributed by atoms with E-state index in [1.165, 1.54) is 6.07 Å². The van der Waals surface area contributed by atoms with Gasteiger partial charge in [-0.3, -0.25) is 4.79 Å². The van der Waals surface area contributed by atoms with Crippen molar-refractivity contribution >= 4 is 5.91 Å². The second kappa shape index (κ2) is 6.52. The molecular weight excluding hydrogens is 298 g/mol. The van der Waals surface area contributed by atoms with Crippen molar-refractivity contribution in [2.24, 2.45) is 0 Å². The minimum atomic E-state index is -0.915. The normalized spacial score (nSPS) is 12.5. The summed E-state index contributed by atoms with van der Waals surface area (Å²) in [5.41, 5.74) is 3.04. The zero-order valence-corrected chi connectivity index (χ0v) is 14.1. The molecule has 0 aliphatic heterocycles. The van der Waals surface area contributed by atoms with Gasteiger partial charge >= 0.3 is 0 Å². The van der Waals surface area contributed by atoms with Gasteiger partial charge in [-0.1, -0.05) is 6.07 Å². The van der Waals surface area contributed by atoms with E-state index in [2.05, 4.69) is 23.7 Å². The monoisotopic (exact) mass is 320 g/mol. The molecule has 0 aliphatic rings. The van der Waals surface area contributed by atoms with Crippen LogP contribution < -0.4 is 5.32 Å². The fourth-order valence-corrected chi connectivity index (χ4v) is 2.94. The zero-order chi connectivity index (χ0) is 17.3. The Kier molecular flexibility index (Phi) is 4.88. The van der Waals surface area contributed by atoms with Crippen molar-refractivity contribution in [3.63, 3.8) is 0 Å². The summed E-state index contributed by atoms with van der Waals surface area (Å²) < 4.78 is 28.4. The van der Waals surface area contributed by atoms with Gasteiger partial charge in [0.1, 0.15) is 0 Å². The fourth-order valence-electron chi connectivity index (χ4n) is 2.94. The van der Waals surface area contributed by atoms with Crippen molar-refractivity contribution in [2.75, 3.05) is 0 Å². The van der Waals surface area contributed by atoms with Gasteiger partial charge in [-0.25, -0.2) is 8.78 Å². The van der Waals surface area contributed by atoms with E-state index in [1.54, 1.807) is 6.92 Å². The van der Waals surface area contributed by atoms with Crippen LogP contribution in [-0.2, 0) is 0 Å². The Hall–Kier alpha value is -2.17. The van der Waals surface area contributed by atoms with Crippen molar-refractivity contribution < 1.29 is 13.6 Å². The standard InChI is InChI=1S/C18H22F2N2O/c1-10(2)22-11(3)8-15(13(22)5)18(23)21-12(4)14-6-7-16(19)17(20)9-14/h6-10,12H,1-5H3,(H,21,23). The molecule has 0 aliphatic carbocycles. The average Bonchev–Trinajstić information content (AvgIpc) is 2.76. The summed E-state index contributed by atoms with van der Waals surface area (Å²) in [5.74, 6) is -2.03. The van der Waals surface area contributed by atoms with Gasteiger partial charge in [-0.15, -0.1) is 0 Å². The lowest BCUT2D eigenvalue weighted by molar-refractivity contribution is 0.0939. The van der Waals surface area contributed by atoms with Gasteiger partial charge in [0.15, 0.2) is 11.6 Å². The molecule has 1 amide bonds. The molecule has 5 heteroatoms. The van der Waals surface area contributed by atoms with Crippen molar-refractivity contribution in [3.05, 3.63) is 58.4 Å². The van der Waals surface area contributed by atoms with Gasteiger partial charge in [-0.2, -0.15) is 0 Å². The van der Waals surface area contributed by atoms with E-state index in [4.69, 9.17) is 0 Å².